The minimum atomic E-state index is -0.288. The van der Waals surface area contributed by atoms with Crippen LogP contribution in [0.2, 0.25) is 0 Å². The summed E-state index contributed by atoms with van der Waals surface area (Å²) in [5.74, 6) is 3.26. The molecule has 3 aromatic heterocycles. The van der Waals surface area contributed by atoms with E-state index in [4.69, 9.17) is 19.1 Å². The van der Waals surface area contributed by atoms with Crippen molar-refractivity contribution < 1.29 is 9.15 Å². The lowest BCUT2D eigenvalue weighted by Gasteiger charge is -2.36. The Bertz CT molecular complexity index is 1480. The average Bonchev–Trinajstić information content (AvgIpc) is 3.22. The lowest BCUT2D eigenvalue weighted by atomic mass is 9.82. The summed E-state index contributed by atoms with van der Waals surface area (Å²) in [5, 5.41) is 13.7. The number of aryl methyl sites for hydroxylation is 3. The van der Waals surface area contributed by atoms with Crippen molar-refractivity contribution in [1.82, 2.24) is 19.9 Å². The van der Waals surface area contributed by atoms with Crippen LogP contribution in [-0.4, -0.2) is 40.1 Å². The van der Waals surface area contributed by atoms with Gasteiger partial charge in [-0.3, -0.25) is 0 Å². The summed E-state index contributed by atoms with van der Waals surface area (Å²) in [4.78, 5) is 20.8. The second-order valence-corrected chi connectivity index (χ2v) is 9.57. The van der Waals surface area contributed by atoms with E-state index >= 15 is 0 Å². The Hall–Kier alpha value is -4.19. The number of hydrogen-bond donors (Lipinski definition) is 1. The van der Waals surface area contributed by atoms with Gasteiger partial charge in [-0.25, -0.2) is 19.9 Å². The van der Waals surface area contributed by atoms with Crippen LogP contribution in [0.5, 0.6) is 5.75 Å². The highest BCUT2D eigenvalue weighted by atomic mass is 16.5. The van der Waals surface area contributed by atoms with E-state index in [2.05, 4.69) is 26.3 Å². The molecule has 0 bridgehead atoms. The summed E-state index contributed by atoms with van der Waals surface area (Å²) in [5.41, 5.74) is 3.85. The number of pyridine rings is 1. The van der Waals surface area contributed by atoms with Gasteiger partial charge in [0.1, 0.15) is 11.3 Å². The van der Waals surface area contributed by atoms with Crippen molar-refractivity contribution in [3.63, 3.8) is 0 Å². The number of nitrogens with zero attached hydrogens (tertiary/aromatic N) is 6. The van der Waals surface area contributed by atoms with Gasteiger partial charge in [0.25, 0.3) is 0 Å². The van der Waals surface area contributed by atoms with E-state index in [0.29, 0.717) is 17.6 Å². The number of oxazole rings is 1. The Kier molecular flexibility index (Phi) is 5.96. The second kappa shape index (κ2) is 9.11. The third kappa shape index (κ3) is 4.42. The zero-order chi connectivity index (χ0) is 25.4. The van der Waals surface area contributed by atoms with E-state index in [-0.39, 0.29) is 5.41 Å². The number of ether oxygens (including phenoxy) is 1. The number of fused-ring (bicyclic) bond motifs is 1. The van der Waals surface area contributed by atoms with Crippen LogP contribution in [0.15, 0.2) is 34.9 Å². The third-order valence-corrected chi connectivity index (χ3v) is 6.73. The van der Waals surface area contributed by atoms with Gasteiger partial charge in [0, 0.05) is 42.9 Å². The molecule has 0 unspecified atom stereocenters. The SMILES string of the molecule is COc1cc(-c2oc(C)nc2C)ccc1Nc1ncc2cc(C)nc(N3CCC(C)(C#N)CC3)c2n1. The van der Waals surface area contributed by atoms with E-state index in [1.54, 1.807) is 7.11 Å². The van der Waals surface area contributed by atoms with Gasteiger partial charge in [0.05, 0.1) is 30.0 Å². The summed E-state index contributed by atoms with van der Waals surface area (Å²) in [7, 11) is 1.63. The normalized spacial score (nSPS) is 15.1. The van der Waals surface area contributed by atoms with E-state index in [1.807, 2.05) is 58.2 Å². The maximum absolute atomic E-state index is 9.51. The third-order valence-electron chi connectivity index (χ3n) is 6.73. The maximum atomic E-state index is 9.51. The first-order chi connectivity index (χ1) is 17.3. The first kappa shape index (κ1) is 23.5. The highest BCUT2D eigenvalue weighted by molar-refractivity contribution is 5.89. The number of piperidine rings is 1. The average molecular weight is 484 g/mol. The Morgan fingerprint density at radius 1 is 1.11 bits per heavy atom. The molecule has 1 aliphatic heterocycles. The molecule has 0 radical (unpaired) electrons. The van der Waals surface area contributed by atoms with Crippen molar-refractivity contribution in [1.29, 1.82) is 5.26 Å². The summed E-state index contributed by atoms with van der Waals surface area (Å²) in [6.45, 7) is 9.28. The van der Waals surface area contributed by atoms with Crippen LogP contribution >= 0.6 is 0 Å². The number of methoxy groups -OCH3 is 1. The number of nitrogens with one attached hydrogen (secondary N) is 1. The molecule has 0 atom stereocenters. The van der Waals surface area contributed by atoms with E-state index in [9.17, 15) is 5.26 Å². The molecular formula is C27H29N7O2. The minimum Gasteiger partial charge on any atom is -0.495 e. The van der Waals surface area contributed by atoms with Crippen LogP contribution in [0.1, 0.15) is 37.0 Å². The van der Waals surface area contributed by atoms with Crippen LogP contribution in [0, 0.1) is 37.5 Å². The monoisotopic (exact) mass is 483 g/mol. The second-order valence-electron chi connectivity index (χ2n) is 9.57. The van der Waals surface area contributed by atoms with Crippen molar-refractivity contribution in [3.8, 4) is 23.1 Å². The van der Waals surface area contributed by atoms with E-state index < -0.39 is 0 Å². The molecule has 36 heavy (non-hydrogen) atoms. The number of rotatable bonds is 5. The van der Waals surface area contributed by atoms with Gasteiger partial charge in [0.2, 0.25) is 5.95 Å². The fourth-order valence-electron chi connectivity index (χ4n) is 4.61. The van der Waals surface area contributed by atoms with Crippen molar-refractivity contribution in [2.24, 2.45) is 5.41 Å². The summed E-state index contributed by atoms with van der Waals surface area (Å²) in [6, 6.07) is 10.2. The van der Waals surface area contributed by atoms with Crippen LogP contribution < -0.4 is 15.0 Å². The molecule has 0 spiro atoms. The Morgan fingerprint density at radius 2 is 1.89 bits per heavy atom. The van der Waals surface area contributed by atoms with Crippen LogP contribution in [0.25, 0.3) is 22.2 Å². The molecule has 0 aliphatic carbocycles. The zero-order valence-electron chi connectivity index (χ0n) is 21.2. The molecule has 1 aromatic carbocycles. The van der Waals surface area contributed by atoms with Gasteiger partial charge in [-0.05, 0) is 57.9 Å². The topological polar surface area (TPSA) is 113 Å². The van der Waals surface area contributed by atoms with Crippen molar-refractivity contribution >= 4 is 28.4 Å². The molecule has 0 saturated carbocycles. The smallest absolute Gasteiger partial charge is 0.227 e. The van der Waals surface area contributed by atoms with Gasteiger partial charge < -0.3 is 19.4 Å². The quantitative estimate of drug-likeness (QED) is 0.394. The minimum absolute atomic E-state index is 0.288. The number of benzene rings is 1. The lowest BCUT2D eigenvalue weighted by molar-refractivity contribution is 0.336. The highest BCUT2D eigenvalue weighted by Crippen LogP contribution is 2.36. The largest absolute Gasteiger partial charge is 0.495 e. The van der Waals surface area contributed by atoms with E-state index in [0.717, 1.165) is 71.1 Å². The predicted octanol–water partition coefficient (Wildman–Crippen LogP) is 5.49. The molecule has 9 nitrogen and oxygen atoms in total. The lowest BCUT2D eigenvalue weighted by Crippen LogP contribution is -2.38. The van der Waals surface area contributed by atoms with Crippen molar-refractivity contribution in [3.05, 3.63) is 47.7 Å². The first-order valence-electron chi connectivity index (χ1n) is 12.0. The number of hydrogen-bond acceptors (Lipinski definition) is 9. The molecule has 5 rings (SSSR count). The molecule has 9 heteroatoms. The molecular weight excluding hydrogens is 454 g/mol. The van der Waals surface area contributed by atoms with Gasteiger partial charge >= 0.3 is 0 Å². The number of nitriles is 1. The molecule has 184 valence electrons. The van der Waals surface area contributed by atoms with Crippen molar-refractivity contribution in [2.45, 2.75) is 40.5 Å². The molecule has 1 fully saturated rings. The van der Waals surface area contributed by atoms with Gasteiger partial charge in [0.15, 0.2) is 17.5 Å². The molecule has 4 heterocycles. The number of anilines is 3. The van der Waals surface area contributed by atoms with E-state index in [1.165, 1.54) is 0 Å². The van der Waals surface area contributed by atoms with Crippen LogP contribution in [0.3, 0.4) is 0 Å². The summed E-state index contributed by atoms with van der Waals surface area (Å²) >= 11 is 0. The Balaban J connectivity index is 1.47. The van der Waals surface area contributed by atoms with Gasteiger partial charge in [-0.2, -0.15) is 5.26 Å². The highest BCUT2D eigenvalue weighted by Gasteiger charge is 2.31. The summed E-state index contributed by atoms with van der Waals surface area (Å²) < 4.78 is 11.4. The number of aromatic nitrogens is 4. The maximum Gasteiger partial charge on any atom is 0.227 e. The molecule has 1 N–H and O–H groups in total. The Labute approximate surface area is 210 Å². The standard InChI is InChI=1S/C27H29N7O2/c1-16-12-20-14-29-26(33-23(20)25(30-16)34-10-8-27(4,15-28)9-11-34)32-21-7-6-19(13-22(21)35-5)24-17(2)31-18(3)36-24/h6-7,12-14H,8-11H2,1-5H3,(H,29,32,33). The van der Waals surface area contributed by atoms with Crippen molar-refractivity contribution in [2.75, 3.05) is 30.4 Å². The van der Waals surface area contributed by atoms with Gasteiger partial charge in [-0.1, -0.05) is 0 Å². The van der Waals surface area contributed by atoms with Gasteiger partial charge in [-0.15, -0.1) is 0 Å². The van der Waals surface area contributed by atoms with Crippen LogP contribution in [-0.2, 0) is 0 Å². The fourth-order valence-corrected chi connectivity index (χ4v) is 4.61. The molecule has 0 amide bonds. The predicted molar refractivity (Wildman–Crippen MR) is 138 cm³/mol. The zero-order valence-corrected chi connectivity index (χ0v) is 21.2. The van der Waals surface area contributed by atoms with Crippen LogP contribution in [0.4, 0.5) is 17.5 Å². The molecule has 1 saturated heterocycles. The first-order valence-corrected chi connectivity index (χ1v) is 12.0. The molecule has 4 aromatic rings. The Morgan fingerprint density at radius 3 is 2.56 bits per heavy atom. The fraction of sp³-hybridized carbons (Fsp3) is 0.370. The molecule has 1 aliphatic rings. The summed E-state index contributed by atoms with van der Waals surface area (Å²) in [6.07, 6.45) is 3.41.